The monoisotopic (exact) mass is 367 g/mol. The number of nitrogens with zero attached hydrogens (tertiary/aromatic N) is 2. The molecule has 6 heteroatoms. The van der Waals surface area contributed by atoms with Crippen molar-refractivity contribution in [1.82, 2.24) is 9.88 Å². The van der Waals surface area contributed by atoms with Gasteiger partial charge < -0.3 is 14.6 Å². The Hall–Kier alpha value is -2.89. The van der Waals surface area contributed by atoms with Crippen molar-refractivity contribution in [3.05, 3.63) is 60.3 Å². The largest absolute Gasteiger partial charge is 0.446 e. The first-order valence-electron chi connectivity index (χ1n) is 9.10. The lowest BCUT2D eigenvalue weighted by atomic mass is 9.93. The van der Waals surface area contributed by atoms with E-state index in [1.165, 1.54) is 6.08 Å². The summed E-state index contributed by atoms with van der Waals surface area (Å²) in [4.78, 5) is 30.8. The van der Waals surface area contributed by atoms with Crippen LogP contribution >= 0.6 is 0 Å². The first-order valence-corrected chi connectivity index (χ1v) is 9.10. The van der Waals surface area contributed by atoms with Gasteiger partial charge in [0.15, 0.2) is 0 Å². The summed E-state index contributed by atoms with van der Waals surface area (Å²) in [6, 6.07) is 6.71. The van der Waals surface area contributed by atoms with Crippen LogP contribution in [0.3, 0.4) is 0 Å². The summed E-state index contributed by atoms with van der Waals surface area (Å²) >= 11 is 0. The first kappa shape index (κ1) is 18.9. The third kappa shape index (κ3) is 4.10. The molecule has 1 aliphatic heterocycles. The summed E-state index contributed by atoms with van der Waals surface area (Å²) in [5.74, 6) is 0.252. The fourth-order valence-corrected chi connectivity index (χ4v) is 3.11. The van der Waals surface area contributed by atoms with Gasteiger partial charge in [-0.05, 0) is 43.2 Å². The molecule has 1 aliphatic rings. The lowest BCUT2D eigenvalue weighted by Gasteiger charge is -2.22. The van der Waals surface area contributed by atoms with Crippen LogP contribution < -0.4 is 5.32 Å². The minimum atomic E-state index is -0.285. The molecule has 1 saturated heterocycles. The molecule has 0 unspecified atom stereocenters. The number of carbonyl (C=O) groups excluding carboxylic acids is 2. The van der Waals surface area contributed by atoms with Crippen LogP contribution in [0.4, 0.5) is 5.69 Å². The molecule has 1 aromatic carbocycles. The van der Waals surface area contributed by atoms with Gasteiger partial charge in [0, 0.05) is 23.2 Å². The second kappa shape index (κ2) is 7.39. The Balaban J connectivity index is 1.76. The van der Waals surface area contributed by atoms with Crippen LogP contribution in [-0.2, 0) is 10.2 Å². The molecule has 1 N–H and O–H groups in total. The number of nitrogens with one attached hydrogen (secondary N) is 1. The Bertz CT molecular complexity index is 846. The van der Waals surface area contributed by atoms with Crippen LogP contribution in [0.1, 0.15) is 61.6 Å². The first-order chi connectivity index (χ1) is 12.8. The van der Waals surface area contributed by atoms with Crippen molar-refractivity contribution in [2.24, 2.45) is 0 Å². The third-order valence-electron chi connectivity index (χ3n) is 4.67. The maximum atomic E-state index is 13.0. The van der Waals surface area contributed by atoms with Crippen LogP contribution in [0.15, 0.2) is 47.6 Å². The van der Waals surface area contributed by atoms with Gasteiger partial charge in [-0.2, -0.15) is 0 Å². The Morgan fingerprint density at radius 2 is 2.00 bits per heavy atom. The number of aromatic nitrogens is 1. The number of oxazole rings is 1. The van der Waals surface area contributed by atoms with E-state index >= 15 is 0 Å². The smallest absolute Gasteiger partial charge is 0.254 e. The van der Waals surface area contributed by atoms with Gasteiger partial charge in [0.1, 0.15) is 12.3 Å². The van der Waals surface area contributed by atoms with E-state index in [4.69, 9.17) is 4.42 Å². The van der Waals surface area contributed by atoms with Crippen LogP contribution in [-0.4, -0.2) is 28.2 Å². The minimum absolute atomic E-state index is 0.0606. The summed E-state index contributed by atoms with van der Waals surface area (Å²) in [6.45, 7) is 10.3. The molecule has 1 aromatic heterocycles. The lowest BCUT2D eigenvalue weighted by molar-refractivity contribution is -0.111. The molecular weight excluding hydrogens is 342 g/mol. The fourth-order valence-electron chi connectivity index (χ4n) is 3.11. The van der Waals surface area contributed by atoms with Gasteiger partial charge in [-0.15, -0.1) is 0 Å². The predicted molar refractivity (Wildman–Crippen MR) is 103 cm³/mol. The molecule has 0 bridgehead atoms. The third-order valence-corrected chi connectivity index (χ3v) is 4.67. The zero-order valence-corrected chi connectivity index (χ0v) is 16.0. The topological polar surface area (TPSA) is 75.4 Å². The average molecular weight is 367 g/mol. The number of amides is 2. The highest BCUT2D eigenvalue weighted by Crippen LogP contribution is 2.34. The Morgan fingerprint density at radius 1 is 1.30 bits per heavy atom. The molecule has 142 valence electrons. The summed E-state index contributed by atoms with van der Waals surface area (Å²) in [6.07, 6.45) is 4.64. The standard InChI is InChI=1S/C21H25N3O3/c1-5-18(25)22-15-10-8-14(9-11-15)20(26)24-12-6-7-16(24)19-23-17(13-27-19)21(2,3)4/h5,8-11,13,16H,1,6-7,12H2,2-4H3,(H,22,25)/t16-/m1/s1. The van der Waals surface area contributed by atoms with Crippen LogP contribution in [0, 0.1) is 0 Å². The Labute approximate surface area is 159 Å². The molecule has 0 aliphatic carbocycles. The van der Waals surface area contributed by atoms with Gasteiger partial charge in [0.2, 0.25) is 11.8 Å². The average Bonchev–Trinajstić information content (AvgIpc) is 3.30. The maximum Gasteiger partial charge on any atom is 0.254 e. The van der Waals surface area contributed by atoms with Crippen molar-refractivity contribution >= 4 is 17.5 Å². The van der Waals surface area contributed by atoms with Crippen molar-refractivity contribution in [2.45, 2.75) is 45.1 Å². The van der Waals surface area contributed by atoms with Gasteiger partial charge >= 0.3 is 0 Å². The molecule has 27 heavy (non-hydrogen) atoms. The molecule has 0 saturated carbocycles. The highest BCUT2D eigenvalue weighted by molar-refractivity contribution is 5.99. The van der Waals surface area contributed by atoms with E-state index in [-0.39, 0.29) is 23.3 Å². The molecule has 0 spiro atoms. The van der Waals surface area contributed by atoms with Crippen molar-refractivity contribution in [3.63, 3.8) is 0 Å². The zero-order valence-electron chi connectivity index (χ0n) is 16.0. The van der Waals surface area contributed by atoms with Gasteiger partial charge in [-0.25, -0.2) is 4.98 Å². The second-order valence-corrected chi connectivity index (χ2v) is 7.75. The number of carbonyl (C=O) groups is 2. The van der Waals surface area contributed by atoms with E-state index in [1.54, 1.807) is 30.5 Å². The molecule has 3 rings (SSSR count). The fraction of sp³-hybridized carbons (Fsp3) is 0.381. The van der Waals surface area contributed by atoms with Crippen LogP contribution in [0.5, 0.6) is 0 Å². The summed E-state index contributed by atoms with van der Waals surface area (Å²) in [5, 5.41) is 2.67. The number of likely N-dealkylation sites (tertiary alicyclic amines) is 1. The van der Waals surface area contributed by atoms with Gasteiger partial charge in [-0.1, -0.05) is 27.4 Å². The highest BCUT2D eigenvalue weighted by atomic mass is 16.3. The van der Waals surface area contributed by atoms with Crippen LogP contribution in [0.25, 0.3) is 0 Å². The number of benzene rings is 1. The van der Waals surface area contributed by atoms with Crippen LogP contribution in [0.2, 0.25) is 0 Å². The number of hydrogen-bond acceptors (Lipinski definition) is 4. The van der Waals surface area contributed by atoms with Crippen molar-refractivity contribution in [1.29, 1.82) is 0 Å². The molecule has 1 fully saturated rings. The molecule has 0 radical (unpaired) electrons. The van der Waals surface area contributed by atoms with Gasteiger partial charge in [0.05, 0.1) is 5.69 Å². The summed E-state index contributed by atoms with van der Waals surface area (Å²) in [7, 11) is 0. The SMILES string of the molecule is C=CC(=O)Nc1ccc(C(=O)N2CCC[C@@H]2c2nc(C(C)(C)C)co2)cc1. The summed E-state index contributed by atoms with van der Waals surface area (Å²) in [5.41, 5.74) is 1.98. The quantitative estimate of drug-likeness (QED) is 0.827. The van der Waals surface area contributed by atoms with E-state index in [0.29, 0.717) is 23.7 Å². The molecule has 2 heterocycles. The molecule has 1 atom stereocenters. The lowest BCUT2D eigenvalue weighted by Crippen LogP contribution is -2.30. The van der Waals surface area contributed by atoms with E-state index in [9.17, 15) is 9.59 Å². The number of hydrogen-bond donors (Lipinski definition) is 1. The second-order valence-electron chi connectivity index (χ2n) is 7.75. The minimum Gasteiger partial charge on any atom is -0.446 e. The van der Waals surface area contributed by atoms with Gasteiger partial charge in [0.25, 0.3) is 5.91 Å². The molecule has 6 nitrogen and oxygen atoms in total. The Kier molecular flexibility index (Phi) is 5.17. The number of rotatable bonds is 4. The molecule has 2 amide bonds. The van der Waals surface area contributed by atoms with Gasteiger partial charge in [-0.3, -0.25) is 9.59 Å². The Morgan fingerprint density at radius 3 is 2.59 bits per heavy atom. The number of anilines is 1. The highest BCUT2D eigenvalue weighted by Gasteiger charge is 2.34. The maximum absolute atomic E-state index is 13.0. The molecule has 2 aromatic rings. The van der Waals surface area contributed by atoms with Crippen molar-refractivity contribution in [3.8, 4) is 0 Å². The van der Waals surface area contributed by atoms with E-state index in [2.05, 4.69) is 37.7 Å². The normalized spacial score (nSPS) is 17.0. The van der Waals surface area contributed by atoms with E-state index in [1.807, 2.05) is 4.90 Å². The van der Waals surface area contributed by atoms with E-state index in [0.717, 1.165) is 18.5 Å². The zero-order chi connectivity index (χ0) is 19.6. The van der Waals surface area contributed by atoms with Crippen molar-refractivity contribution in [2.75, 3.05) is 11.9 Å². The molecular formula is C21H25N3O3. The predicted octanol–water partition coefficient (Wildman–Crippen LogP) is 4.07. The van der Waals surface area contributed by atoms with E-state index < -0.39 is 0 Å². The summed E-state index contributed by atoms with van der Waals surface area (Å²) < 4.78 is 5.70. The van der Waals surface area contributed by atoms with Crippen molar-refractivity contribution < 1.29 is 14.0 Å².